The molecular formula is C8H10Cl2N2. The van der Waals surface area contributed by atoms with E-state index < -0.39 is 5.54 Å². The topological polar surface area (TPSA) is 38.9 Å². The van der Waals surface area contributed by atoms with E-state index in [9.17, 15) is 0 Å². The first-order chi connectivity index (χ1) is 5.39. The molecule has 0 fully saturated rings. The van der Waals surface area contributed by atoms with E-state index in [1.54, 1.807) is 12.1 Å². The van der Waals surface area contributed by atoms with Gasteiger partial charge in [0.2, 0.25) is 0 Å². The summed E-state index contributed by atoms with van der Waals surface area (Å²) in [5, 5.41) is 0.743. The molecule has 0 saturated heterocycles. The Hall–Kier alpha value is -0.310. The van der Waals surface area contributed by atoms with Crippen LogP contribution in [-0.4, -0.2) is 4.98 Å². The molecule has 0 radical (unpaired) electrons. The Labute approximate surface area is 81.7 Å². The van der Waals surface area contributed by atoms with E-state index >= 15 is 0 Å². The molecule has 2 nitrogen and oxygen atoms in total. The number of rotatable bonds is 1. The summed E-state index contributed by atoms with van der Waals surface area (Å²) in [4.78, 5) is 3.82. The summed E-state index contributed by atoms with van der Waals surface area (Å²) >= 11 is 11.4. The lowest BCUT2D eigenvalue weighted by Crippen LogP contribution is -2.28. The third-order valence-corrected chi connectivity index (χ3v) is 1.89. The largest absolute Gasteiger partial charge is 0.322 e. The second-order valence-corrected chi connectivity index (χ2v) is 4.00. The summed E-state index contributed by atoms with van der Waals surface area (Å²) < 4.78 is 0. The maximum absolute atomic E-state index is 5.85. The molecule has 0 aliphatic rings. The molecule has 0 amide bonds. The fourth-order valence-electron chi connectivity index (χ4n) is 0.837. The Morgan fingerprint density at radius 2 is 1.67 bits per heavy atom. The zero-order chi connectivity index (χ0) is 9.35. The average Bonchev–Trinajstić information content (AvgIpc) is 1.82. The Kier molecular flexibility index (Phi) is 2.61. The number of nitrogens with two attached hydrogens (primary N) is 1. The maximum Gasteiger partial charge on any atom is 0.131 e. The SMILES string of the molecule is CC(C)(N)c1cc(Cl)nc(Cl)c1. The van der Waals surface area contributed by atoms with Gasteiger partial charge < -0.3 is 5.73 Å². The molecule has 0 unspecified atom stereocenters. The lowest BCUT2D eigenvalue weighted by atomic mass is 9.97. The van der Waals surface area contributed by atoms with Crippen molar-refractivity contribution in [3.05, 3.63) is 28.0 Å². The summed E-state index contributed by atoms with van der Waals surface area (Å²) in [6.45, 7) is 3.77. The van der Waals surface area contributed by atoms with Gasteiger partial charge in [-0.15, -0.1) is 0 Å². The van der Waals surface area contributed by atoms with E-state index in [0.717, 1.165) is 5.56 Å². The molecular weight excluding hydrogens is 195 g/mol. The molecule has 0 aromatic carbocycles. The van der Waals surface area contributed by atoms with Crippen LogP contribution in [0.4, 0.5) is 0 Å². The van der Waals surface area contributed by atoms with Crippen LogP contribution in [0.5, 0.6) is 0 Å². The standard InChI is InChI=1S/C8H10Cl2N2/c1-8(2,11)5-3-6(9)12-7(10)4-5/h3-4H,11H2,1-2H3. The molecule has 0 aliphatic heterocycles. The predicted molar refractivity (Wildman–Crippen MR) is 51.5 cm³/mol. The van der Waals surface area contributed by atoms with Crippen molar-refractivity contribution in [1.82, 2.24) is 4.98 Å². The fraction of sp³-hybridized carbons (Fsp3) is 0.375. The summed E-state index contributed by atoms with van der Waals surface area (Å²) in [6, 6.07) is 3.43. The summed E-state index contributed by atoms with van der Waals surface area (Å²) in [6.07, 6.45) is 0. The van der Waals surface area contributed by atoms with Gasteiger partial charge in [-0.25, -0.2) is 4.98 Å². The van der Waals surface area contributed by atoms with E-state index in [-0.39, 0.29) is 0 Å². The van der Waals surface area contributed by atoms with E-state index in [2.05, 4.69) is 4.98 Å². The maximum atomic E-state index is 5.85. The van der Waals surface area contributed by atoms with Crippen molar-refractivity contribution in [2.75, 3.05) is 0 Å². The van der Waals surface area contributed by atoms with Gasteiger partial charge in [0.05, 0.1) is 0 Å². The van der Waals surface area contributed by atoms with Crippen molar-refractivity contribution >= 4 is 23.2 Å². The number of pyridine rings is 1. The number of halogens is 2. The smallest absolute Gasteiger partial charge is 0.131 e. The van der Waals surface area contributed by atoms with Gasteiger partial charge in [-0.1, -0.05) is 23.2 Å². The van der Waals surface area contributed by atoms with Gasteiger partial charge in [0, 0.05) is 5.54 Å². The normalized spacial score (nSPS) is 11.8. The van der Waals surface area contributed by atoms with Crippen LogP contribution in [0.15, 0.2) is 12.1 Å². The first kappa shape index (κ1) is 9.78. The molecule has 1 aromatic heterocycles. The molecule has 2 N–H and O–H groups in total. The van der Waals surface area contributed by atoms with Crippen LogP contribution in [0, 0.1) is 0 Å². The number of nitrogens with zero attached hydrogens (tertiary/aromatic N) is 1. The van der Waals surface area contributed by atoms with E-state index in [1.165, 1.54) is 0 Å². The Morgan fingerprint density at radius 1 is 1.25 bits per heavy atom. The first-order valence-corrected chi connectivity index (χ1v) is 4.27. The second kappa shape index (κ2) is 3.21. The predicted octanol–water partition coefficient (Wildman–Crippen LogP) is 2.58. The van der Waals surface area contributed by atoms with Gasteiger partial charge in [-0.2, -0.15) is 0 Å². The highest BCUT2D eigenvalue weighted by atomic mass is 35.5. The minimum atomic E-state index is -0.434. The van der Waals surface area contributed by atoms with Crippen molar-refractivity contribution < 1.29 is 0 Å². The van der Waals surface area contributed by atoms with Crippen LogP contribution in [0.3, 0.4) is 0 Å². The van der Waals surface area contributed by atoms with Crippen molar-refractivity contribution in [2.24, 2.45) is 5.73 Å². The quantitative estimate of drug-likeness (QED) is 0.715. The number of hydrogen-bond acceptors (Lipinski definition) is 2. The summed E-state index contributed by atoms with van der Waals surface area (Å²) in [7, 11) is 0. The molecule has 66 valence electrons. The van der Waals surface area contributed by atoms with Crippen molar-refractivity contribution in [3.8, 4) is 0 Å². The van der Waals surface area contributed by atoms with Crippen LogP contribution >= 0.6 is 23.2 Å². The molecule has 0 atom stereocenters. The molecule has 1 aromatic rings. The van der Waals surface area contributed by atoms with Crippen LogP contribution in [0.2, 0.25) is 10.3 Å². The average molecular weight is 205 g/mol. The van der Waals surface area contributed by atoms with Crippen LogP contribution in [0.25, 0.3) is 0 Å². The highest BCUT2D eigenvalue weighted by Crippen LogP contribution is 2.22. The van der Waals surface area contributed by atoms with Gasteiger partial charge in [0.25, 0.3) is 0 Å². The second-order valence-electron chi connectivity index (χ2n) is 3.22. The zero-order valence-corrected chi connectivity index (χ0v) is 8.45. The summed E-state index contributed by atoms with van der Waals surface area (Å²) in [5.74, 6) is 0. The van der Waals surface area contributed by atoms with Crippen LogP contribution in [-0.2, 0) is 5.54 Å². The van der Waals surface area contributed by atoms with Gasteiger partial charge in [-0.05, 0) is 31.5 Å². The van der Waals surface area contributed by atoms with E-state index in [1.807, 2.05) is 13.8 Å². The number of aromatic nitrogens is 1. The molecule has 0 spiro atoms. The molecule has 4 heteroatoms. The van der Waals surface area contributed by atoms with Gasteiger partial charge in [0.15, 0.2) is 0 Å². The van der Waals surface area contributed by atoms with E-state index in [4.69, 9.17) is 28.9 Å². The highest BCUT2D eigenvalue weighted by Gasteiger charge is 2.15. The minimum absolute atomic E-state index is 0.371. The third kappa shape index (κ3) is 2.34. The van der Waals surface area contributed by atoms with Crippen LogP contribution in [0.1, 0.15) is 19.4 Å². The molecule has 1 rings (SSSR count). The number of hydrogen-bond donors (Lipinski definition) is 1. The minimum Gasteiger partial charge on any atom is -0.322 e. The Bertz CT molecular complexity index is 271. The fourth-order valence-corrected chi connectivity index (χ4v) is 1.30. The third-order valence-electron chi connectivity index (χ3n) is 1.51. The highest BCUT2D eigenvalue weighted by molar-refractivity contribution is 6.32. The van der Waals surface area contributed by atoms with Crippen molar-refractivity contribution in [3.63, 3.8) is 0 Å². The van der Waals surface area contributed by atoms with Gasteiger partial charge in [0.1, 0.15) is 10.3 Å². The van der Waals surface area contributed by atoms with Crippen molar-refractivity contribution in [1.29, 1.82) is 0 Å². The molecule has 12 heavy (non-hydrogen) atoms. The van der Waals surface area contributed by atoms with Gasteiger partial charge in [-0.3, -0.25) is 0 Å². The Morgan fingerprint density at radius 3 is 2.00 bits per heavy atom. The van der Waals surface area contributed by atoms with Gasteiger partial charge >= 0.3 is 0 Å². The van der Waals surface area contributed by atoms with E-state index in [0.29, 0.717) is 10.3 Å². The zero-order valence-electron chi connectivity index (χ0n) is 6.94. The molecule has 0 saturated carbocycles. The lowest BCUT2D eigenvalue weighted by Gasteiger charge is -2.19. The Balaban J connectivity index is 3.18. The van der Waals surface area contributed by atoms with Crippen molar-refractivity contribution in [2.45, 2.75) is 19.4 Å². The molecule has 0 bridgehead atoms. The molecule has 1 heterocycles. The van der Waals surface area contributed by atoms with Crippen LogP contribution < -0.4 is 5.73 Å². The summed E-state index contributed by atoms with van der Waals surface area (Å²) in [5.41, 5.74) is 6.30. The first-order valence-electron chi connectivity index (χ1n) is 3.52. The monoisotopic (exact) mass is 204 g/mol. The lowest BCUT2D eigenvalue weighted by molar-refractivity contribution is 0.554. The molecule has 0 aliphatic carbocycles.